The van der Waals surface area contributed by atoms with Gasteiger partial charge in [0.1, 0.15) is 11.4 Å². The summed E-state index contributed by atoms with van der Waals surface area (Å²) in [5.41, 5.74) is 4.27. The van der Waals surface area contributed by atoms with E-state index < -0.39 is 10.0 Å². The quantitative estimate of drug-likeness (QED) is 0.590. The molecule has 1 saturated carbocycles. The van der Waals surface area contributed by atoms with Crippen molar-refractivity contribution >= 4 is 33.8 Å². The van der Waals surface area contributed by atoms with Gasteiger partial charge in [-0.2, -0.15) is 4.31 Å². The van der Waals surface area contributed by atoms with Crippen LogP contribution >= 0.6 is 0 Å². The number of carbonyl (C=O) groups excluding carboxylic acids is 1. The standard InChI is InChI=1S/C25H25N3O4S/c1-17-24(26-25(29)20-9-10-20)23(32-27-17)13-8-18-6-11-22(12-7-18)33(30,31)28-15-14-19-4-2-3-5-21(19)16-28/h2-8,11-13,20H,9-10,14-16H2,1H3,(H,26,29). The van der Waals surface area contributed by atoms with E-state index in [-0.39, 0.29) is 16.7 Å². The molecule has 2 aliphatic rings. The minimum Gasteiger partial charge on any atom is -0.354 e. The third kappa shape index (κ3) is 4.49. The van der Waals surface area contributed by atoms with Crippen molar-refractivity contribution in [2.24, 2.45) is 5.92 Å². The van der Waals surface area contributed by atoms with Crippen molar-refractivity contribution in [3.05, 3.63) is 76.7 Å². The zero-order valence-electron chi connectivity index (χ0n) is 18.3. The second-order valence-corrected chi connectivity index (χ2v) is 10.5. The van der Waals surface area contributed by atoms with Crippen LogP contribution in [0.2, 0.25) is 0 Å². The molecular weight excluding hydrogens is 438 g/mol. The van der Waals surface area contributed by atoms with Crippen molar-refractivity contribution in [1.82, 2.24) is 9.46 Å². The van der Waals surface area contributed by atoms with Crippen molar-refractivity contribution in [3.8, 4) is 0 Å². The van der Waals surface area contributed by atoms with E-state index in [1.54, 1.807) is 43.3 Å². The fourth-order valence-corrected chi connectivity index (χ4v) is 5.39. The molecule has 2 heterocycles. The van der Waals surface area contributed by atoms with Gasteiger partial charge in [0.05, 0.1) is 4.90 Å². The van der Waals surface area contributed by atoms with Gasteiger partial charge in [0, 0.05) is 19.0 Å². The Labute approximate surface area is 193 Å². The second kappa shape index (κ2) is 8.61. The Morgan fingerprint density at radius 2 is 1.82 bits per heavy atom. The maximum atomic E-state index is 13.1. The van der Waals surface area contributed by atoms with Gasteiger partial charge in [-0.1, -0.05) is 47.6 Å². The SMILES string of the molecule is Cc1noc(C=Cc2ccc(S(=O)(=O)N3CCc4ccccc4C3)cc2)c1NC(=O)C1CC1. The smallest absolute Gasteiger partial charge is 0.243 e. The van der Waals surface area contributed by atoms with Crippen molar-refractivity contribution in [2.45, 2.75) is 37.6 Å². The molecule has 0 spiro atoms. The molecule has 1 aliphatic heterocycles. The first-order valence-corrected chi connectivity index (χ1v) is 12.5. The fourth-order valence-electron chi connectivity index (χ4n) is 3.97. The normalized spacial score (nSPS) is 16.6. The Balaban J connectivity index is 1.30. The molecular formula is C25H25N3O4S. The summed E-state index contributed by atoms with van der Waals surface area (Å²) < 4.78 is 33.2. The predicted molar refractivity (Wildman–Crippen MR) is 126 cm³/mol. The summed E-state index contributed by atoms with van der Waals surface area (Å²) in [6.07, 6.45) is 6.08. The number of nitrogens with zero attached hydrogens (tertiary/aromatic N) is 2. The summed E-state index contributed by atoms with van der Waals surface area (Å²) in [4.78, 5) is 12.4. The number of rotatable bonds is 6. The molecule has 1 N–H and O–H groups in total. The lowest BCUT2D eigenvalue weighted by molar-refractivity contribution is -0.117. The maximum Gasteiger partial charge on any atom is 0.243 e. The molecule has 1 amide bonds. The summed E-state index contributed by atoms with van der Waals surface area (Å²) in [6, 6.07) is 14.7. The van der Waals surface area contributed by atoms with E-state index in [0.29, 0.717) is 36.7 Å². The molecule has 7 nitrogen and oxygen atoms in total. The zero-order chi connectivity index (χ0) is 23.0. The van der Waals surface area contributed by atoms with E-state index >= 15 is 0 Å². The Bertz CT molecular complexity index is 1320. The van der Waals surface area contributed by atoms with Crippen LogP contribution in [0.4, 0.5) is 5.69 Å². The first-order chi connectivity index (χ1) is 15.9. The van der Waals surface area contributed by atoms with Crippen LogP contribution in [0.3, 0.4) is 0 Å². The van der Waals surface area contributed by atoms with E-state index in [0.717, 1.165) is 24.0 Å². The number of fused-ring (bicyclic) bond motifs is 1. The first-order valence-electron chi connectivity index (χ1n) is 11.0. The summed E-state index contributed by atoms with van der Waals surface area (Å²) in [5.74, 6) is 0.537. The number of aryl methyl sites for hydroxylation is 1. The van der Waals surface area contributed by atoms with E-state index in [1.165, 1.54) is 9.87 Å². The number of anilines is 1. The molecule has 8 heteroatoms. The number of amides is 1. The van der Waals surface area contributed by atoms with Gasteiger partial charge >= 0.3 is 0 Å². The number of sulfonamides is 1. The molecule has 0 bridgehead atoms. The number of hydrogen-bond donors (Lipinski definition) is 1. The summed E-state index contributed by atoms with van der Waals surface area (Å²) in [7, 11) is -3.57. The number of carbonyl (C=O) groups is 1. The van der Waals surface area contributed by atoms with Crippen LogP contribution in [0.15, 0.2) is 57.9 Å². The van der Waals surface area contributed by atoms with E-state index in [9.17, 15) is 13.2 Å². The lowest BCUT2D eigenvalue weighted by Gasteiger charge is -2.28. The largest absolute Gasteiger partial charge is 0.354 e. The van der Waals surface area contributed by atoms with E-state index in [4.69, 9.17) is 4.52 Å². The highest BCUT2D eigenvalue weighted by atomic mass is 32.2. The van der Waals surface area contributed by atoms with Crippen molar-refractivity contribution < 1.29 is 17.7 Å². The third-order valence-electron chi connectivity index (χ3n) is 6.13. The summed E-state index contributed by atoms with van der Waals surface area (Å²) >= 11 is 0. The molecule has 0 atom stereocenters. The second-order valence-electron chi connectivity index (χ2n) is 8.53. The molecule has 3 aromatic rings. The Hall–Kier alpha value is -3.23. The van der Waals surface area contributed by atoms with Gasteiger partial charge in [-0.25, -0.2) is 8.42 Å². The van der Waals surface area contributed by atoms with Gasteiger partial charge in [-0.15, -0.1) is 0 Å². The molecule has 33 heavy (non-hydrogen) atoms. The molecule has 1 aliphatic carbocycles. The predicted octanol–water partition coefficient (Wildman–Crippen LogP) is 4.25. The van der Waals surface area contributed by atoms with E-state index in [2.05, 4.69) is 16.5 Å². The van der Waals surface area contributed by atoms with Gasteiger partial charge in [0.2, 0.25) is 15.9 Å². The molecule has 0 saturated heterocycles. The Morgan fingerprint density at radius 1 is 1.09 bits per heavy atom. The highest BCUT2D eigenvalue weighted by Crippen LogP contribution is 2.32. The van der Waals surface area contributed by atoms with E-state index in [1.807, 2.05) is 18.2 Å². The number of aromatic nitrogens is 1. The molecule has 1 fully saturated rings. The Kier molecular flexibility index (Phi) is 5.64. The van der Waals surface area contributed by atoms with Crippen LogP contribution in [0.5, 0.6) is 0 Å². The minimum atomic E-state index is -3.57. The average Bonchev–Trinajstić information content (AvgIpc) is 3.63. The van der Waals surface area contributed by atoms with Gasteiger partial charge in [-0.3, -0.25) is 4.79 Å². The van der Waals surface area contributed by atoms with Crippen molar-refractivity contribution in [1.29, 1.82) is 0 Å². The van der Waals surface area contributed by atoms with Crippen LogP contribution in [0.1, 0.15) is 41.0 Å². The van der Waals surface area contributed by atoms with Crippen molar-refractivity contribution in [2.75, 3.05) is 11.9 Å². The van der Waals surface area contributed by atoms with Gasteiger partial charge in [0.15, 0.2) is 5.76 Å². The lowest BCUT2D eigenvalue weighted by atomic mass is 10.0. The Morgan fingerprint density at radius 3 is 2.55 bits per heavy atom. The number of nitrogens with one attached hydrogen (secondary N) is 1. The third-order valence-corrected chi connectivity index (χ3v) is 7.99. The highest BCUT2D eigenvalue weighted by molar-refractivity contribution is 7.89. The molecule has 0 radical (unpaired) electrons. The minimum absolute atomic E-state index is 0.00848. The van der Waals surface area contributed by atoms with Crippen LogP contribution in [-0.4, -0.2) is 30.3 Å². The van der Waals surface area contributed by atoms with Gasteiger partial charge in [-0.05, 0) is 61.1 Å². The molecule has 1 aromatic heterocycles. The maximum absolute atomic E-state index is 13.1. The van der Waals surface area contributed by atoms with Crippen LogP contribution in [0, 0.1) is 12.8 Å². The lowest BCUT2D eigenvalue weighted by Crippen LogP contribution is -2.35. The van der Waals surface area contributed by atoms with Crippen LogP contribution in [-0.2, 0) is 27.8 Å². The van der Waals surface area contributed by atoms with Crippen molar-refractivity contribution in [3.63, 3.8) is 0 Å². The topological polar surface area (TPSA) is 92.5 Å². The zero-order valence-corrected chi connectivity index (χ0v) is 19.1. The highest BCUT2D eigenvalue weighted by Gasteiger charge is 2.31. The fraction of sp³-hybridized carbons (Fsp3) is 0.280. The van der Waals surface area contributed by atoms with Gasteiger partial charge < -0.3 is 9.84 Å². The van der Waals surface area contributed by atoms with Crippen LogP contribution < -0.4 is 5.32 Å². The number of hydrogen-bond acceptors (Lipinski definition) is 5. The molecule has 5 rings (SSSR count). The monoisotopic (exact) mass is 463 g/mol. The summed E-state index contributed by atoms with van der Waals surface area (Å²) in [5, 5.41) is 6.85. The van der Waals surface area contributed by atoms with Crippen LogP contribution in [0.25, 0.3) is 12.2 Å². The first kappa shape index (κ1) is 21.6. The number of benzene rings is 2. The average molecular weight is 464 g/mol. The molecule has 170 valence electrons. The molecule has 0 unspecified atom stereocenters. The molecule has 2 aromatic carbocycles. The summed E-state index contributed by atoms with van der Waals surface area (Å²) in [6.45, 7) is 2.64. The van der Waals surface area contributed by atoms with Gasteiger partial charge in [0.25, 0.3) is 0 Å².